The van der Waals surface area contributed by atoms with Crippen LogP contribution in [0.4, 0.5) is 4.79 Å². The SMILES string of the molecule is CCCC.CCCC.CCCCCCCCOC(=O)CS.CCCCCCCCOC(=O)SC.[Sn]. The van der Waals surface area contributed by atoms with E-state index in [1.807, 2.05) is 0 Å². The van der Waals surface area contributed by atoms with Gasteiger partial charge >= 0.3 is 11.3 Å². The molecule has 0 saturated heterocycles. The summed E-state index contributed by atoms with van der Waals surface area (Å²) in [5, 5.41) is -0.159. The monoisotopic (exact) mass is 644 g/mol. The van der Waals surface area contributed by atoms with Crippen LogP contribution in [0.2, 0.25) is 0 Å². The molecule has 4 nitrogen and oxygen atoms in total. The number of rotatable bonds is 17. The Labute approximate surface area is 247 Å². The second-order valence-electron chi connectivity index (χ2n) is 8.22. The van der Waals surface area contributed by atoms with E-state index in [9.17, 15) is 9.59 Å². The predicted octanol–water partition coefficient (Wildman–Crippen LogP) is 9.90. The molecule has 0 aromatic carbocycles. The van der Waals surface area contributed by atoms with Crippen LogP contribution in [0.1, 0.15) is 144 Å². The van der Waals surface area contributed by atoms with Gasteiger partial charge in [-0.05, 0) is 30.9 Å². The number of hydrogen-bond donors (Lipinski definition) is 1. The van der Waals surface area contributed by atoms with Gasteiger partial charge in [0.25, 0.3) is 0 Å². The molecule has 0 spiro atoms. The van der Waals surface area contributed by atoms with Crippen LogP contribution in [0.15, 0.2) is 0 Å². The summed E-state index contributed by atoms with van der Waals surface area (Å²) in [6.07, 6.45) is 21.7. The van der Waals surface area contributed by atoms with Gasteiger partial charge in [-0.2, -0.15) is 12.6 Å². The van der Waals surface area contributed by atoms with Crippen LogP contribution in [0, 0.1) is 0 Å². The van der Waals surface area contributed by atoms with E-state index < -0.39 is 0 Å². The first kappa shape index (κ1) is 45.4. The van der Waals surface area contributed by atoms with E-state index in [0.29, 0.717) is 13.2 Å². The quantitative estimate of drug-likeness (QED) is 0.0740. The first-order valence-electron chi connectivity index (χ1n) is 13.9. The zero-order chi connectivity index (χ0) is 26.7. The van der Waals surface area contributed by atoms with Gasteiger partial charge in [0.15, 0.2) is 0 Å². The number of carbonyl (C=O) groups is 2. The first-order valence-corrected chi connectivity index (χ1v) is 15.8. The number of unbranched alkanes of at least 4 members (excludes halogenated alkanes) is 12. The van der Waals surface area contributed by atoms with Crippen LogP contribution in [0.25, 0.3) is 0 Å². The molecule has 7 heteroatoms. The van der Waals surface area contributed by atoms with Crippen molar-refractivity contribution < 1.29 is 19.1 Å². The summed E-state index contributed by atoms with van der Waals surface area (Å²) in [4.78, 5) is 21.3. The van der Waals surface area contributed by atoms with Crippen LogP contribution in [0.5, 0.6) is 0 Å². The molecule has 212 valence electrons. The largest absolute Gasteiger partial charge is 0.465 e. The molecule has 0 rings (SSSR count). The van der Waals surface area contributed by atoms with Crippen molar-refractivity contribution in [3.8, 4) is 0 Å². The van der Waals surface area contributed by atoms with Gasteiger partial charge in [0.05, 0.1) is 19.0 Å². The van der Waals surface area contributed by atoms with Gasteiger partial charge in [0, 0.05) is 23.9 Å². The molecule has 0 fully saturated rings. The van der Waals surface area contributed by atoms with Crippen molar-refractivity contribution >= 4 is 59.6 Å². The summed E-state index contributed by atoms with van der Waals surface area (Å²) in [5.74, 6) is -0.0209. The Morgan fingerprint density at radius 1 is 0.571 bits per heavy atom. The third kappa shape index (κ3) is 60.7. The van der Waals surface area contributed by atoms with Gasteiger partial charge in [-0.15, -0.1) is 0 Å². The molecule has 0 saturated carbocycles. The Bertz CT molecular complexity index is 335. The average molecular weight is 644 g/mol. The molecule has 0 aliphatic rings. The van der Waals surface area contributed by atoms with Crippen molar-refractivity contribution in [1.29, 1.82) is 0 Å². The van der Waals surface area contributed by atoms with E-state index in [1.165, 1.54) is 89.9 Å². The second-order valence-corrected chi connectivity index (χ2v) is 9.27. The molecule has 0 unspecified atom stereocenters. The zero-order valence-electron chi connectivity index (χ0n) is 24.4. The number of ether oxygens (including phenoxy) is 2. The van der Waals surface area contributed by atoms with E-state index in [2.05, 4.69) is 54.2 Å². The molecule has 0 heterocycles. The first-order chi connectivity index (χ1) is 16.4. The molecule has 0 aliphatic heterocycles. The van der Waals surface area contributed by atoms with E-state index in [1.54, 1.807) is 6.26 Å². The van der Waals surface area contributed by atoms with Crippen LogP contribution >= 0.6 is 24.4 Å². The maximum absolute atomic E-state index is 10.7. The van der Waals surface area contributed by atoms with Crippen molar-refractivity contribution in [2.24, 2.45) is 0 Å². The fourth-order valence-corrected chi connectivity index (χ4v) is 2.50. The Balaban J connectivity index is -0.000000128. The van der Waals surface area contributed by atoms with E-state index in [-0.39, 0.29) is 40.9 Å². The molecule has 0 N–H and O–H groups in total. The van der Waals surface area contributed by atoms with Crippen molar-refractivity contribution in [1.82, 2.24) is 0 Å². The minimum absolute atomic E-state index is 0. The number of esters is 1. The van der Waals surface area contributed by atoms with Gasteiger partial charge in [0.2, 0.25) is 0 Å². The fraction of sp³-hybridized carbons (Fsp3) is 0.929. The van der Waals surface area contributed by atoms with E-state index >= 15 is 0 Å². The van der Waals surface area contributed by atoms with Gasteiger partial charge in [-0.25, -0.2) is 4.79 Å². The Morgan fingerprint density at radius 2 is 0.914 bits per heavy atom. The third-order valence-corrected chi connectivity index (χ3v) is 5.48. The Morgan fingerprint density at radius 3 is 1.23 bits per heavy atom. The average Bonchev–Trinajstić information content (AvgIpc) is 2.87. The summed E-state index contributed by atoms with van der Waals surface area (Å²) in [6, 6.07) is 0. The van der Waals surface area contributed by atoms with Gasteiger partial charge in [-0.3, -0.25) is 4.79 Å². The predicted molar refractivity (Wildman–Crippen MR) is 163 cm³/mol. The molecule has 0 bridgehead atoms. The van der Waals surface area contributed by atoms with Gasteiger partial charge in [-0.1, -0.05) is 131 Å². The molecule has 0 aromatic rings. The normalized spacial score (nSPS) is 9.14. The maximum atomic E-state index is 10.7. The zero-order valence-corrected chi connectivity index (χ0v) is 29.0. The molecule has 0 aliphatic carbocycles. The van der Waals surface area contributed by atoms with Gasteiger partial charge < -0.3 is 9.47 Å². The van der Waals surface area contributed by atoms with E-state index in [4.69, 9.17) is 9.47 Å². The molecule has 0 aromatic heterocycles. The summed E-state index contributed by atoms with van der Waals surface area (Å²) in [5.41, 5.74) is 0. The van der Waals surface area contributed by atoms with Crippen LogP contribution in [0.3, 0.4) is 0 Å². The molecule has 0 amide bonds. The van der Waals surface area contributed by atoms with Crippen LogP contribution in [-0.2, 0) is 14.3 Å². The van der Waals surface area contributed by atoms with Crippen molar-refractivity contribution in [3.63, 3.8) is 0 Å². The molecular weight excluding hydrogens is 583 g/mol. The number of carbonyl (C=O) groups excluding carboxylic acids is 2. The van der Waals surface area contributed by atoms with Crippen molar-refractivity contribution in [2.75, 3.05) is 25.2 Å². The van der Waals surface area contributed by atoms with Crippen molar-refractivity contribution in [3.05, 3.63) is 0 Å². The molecule has 35 heavy (non-hydrogen) atoms. The van der Waals surface area contributed by atoms with Gasteiger partial charge in [0.1, 0.15) is 0 Å². The molecule has 4 radical (unpaired) electrons. The number of hydrogen-bond acceptors (Lipinski definition) is 6. The summed E-state index contributed by atoms with van der Waals surface area (Å²) < 4.78 is 9.80. The summed E-state index contributed by atoms with van der Waals surface area (Å²) in [7, 11) is 0. The number of thiol groups is 1. The van der Waals surface area contributed by atoms with Crippen LogP contribution < -0.4 is 0 Å². The summed E-state index contributed by atoms with van der Waals surface area (Å²) >= 11 is 4.95. The molecule has 0 atom stereocenters. The molecular formula is C28H60O4S2Sn. The Kier molecular flexibility index (Phi) is 61.7. The van der Waals surface area contributed by atoms with Crippen LogP contribution in [-0.4, -0.2) is 60.4 Å². The topological polar surface area (TPSA) is 52.6 Å². The van der Waals surface area contributed by atoms with Crippen molar-refractivity contribution in [2.45, 2.75) is 144 Å². The minimum atomic E-state index is -0.211. The summed E-state index contributed by atoms with van der Waals surface area (Å²) in [6.45, 7) is 14.3. The maximum Gasteiger partial charge on any atom is 0.367 e. The smallest absolute Gasteiger partial charge is 0.367 e. The second kappa shape index (κ2) is 47.6. The fourth-order valence-electron chi connectivity index (χ4n) is 2.21. The third-order valence-electron chi connectivity index (χ3n) is 4.77. The minimum Gasteiger partial charge on any atom is -0.465 e. The number of thioether (sulfide) groups is 1. The standard InChI is InChI=1S/2C10H20O2S.2C4H10.Sn/c1-3-4-5-6-7-8-9-12-10(11)13-2;1-2-3-4-5-6-7-8-12-10(11)9-13;2*1-3-4-2;/h3-9H2,1-2H3;13H,2-9H2,1H3;2*3-4H2,1-2H3;. The Hall–Kier alpha value is 0.439. The van der Waals surface area contributed by atoms with E-state index in [0.717, 1.165) is 24.6 Å².